The Morgan fingerprint density at radius 3 is 2.68 bits per heavy atom. The molecule has 0 aromatic carbocycles. The Bertz CT molecular complexity index is 839. The van der Waals surface area contributed by atoms with Gasteiger partial charge in [-0.15, -0.1) is 0 Å². The van der Waals surface area contributed by atoms with E-state index in [1.165, 1.54) is 7.11 Å². The van der Waals surface area contributed by atoms with E-state index in [4.69, 9.17) is 4.74 Å². The fourth-order valence-corrected chi connectivity index (χ4v) is 2.88. The summed E-state index contributed by atoms with van der Waals surface area (Å²) < 4.78 is 5.03. The molecule has 1 fully saturated rings. The number of methoxy groups -OCH3 is 1. The predicted molar refractivity (Wildman–Crippen MR) is 87.4 cm³/mol. The third-order valence-corrected chi connectivity index (χ3v) is 4.24. The van der Waals surface area contributed by atoms with Gasteiger partial charge in [0.05, 0.1) is 19.3 Å². The van der Waals surface area contributed by atoms with Crippen molar-refractivity contribution in [1.82, 2.24) is 20.3 Å². The second-order valence-corrected chi connectivity index (χ2v) is 5.97. The van der Waals surface area contributed by atoms with Crippen LogP contribution in [0, 0.1) is 5.92 Å². The zero-order valence-electron chi connectivity index (χ0n) is 13.5. The van der Waals surface area contributed by atoms with Crippen molar-refractivity contribution in [3.63, 3.8) is 0 Å². The number of H-pyrrole nitrogens is 2. The van der Waals surface area contributed by atoms with Crippen LogP contribution < -0.4 is 21.3 Å². The molecule has 132 valence electrons. The van der Waals surface area contributed by atoms with E-state index < -0.39 is 29.3 Å². The summed E-state index contributed by atoms with van der Waals surface area (Å²) in [5.74, 6) is -0.102. The van der Waals surface area contributed by atoms with Gasteiger partial charge in [-0.2, -0.15) is 0 Å². The molecular formula is C16H18N4O5. The highest BCUT2D eigenvalue weighted by Crippen LogP contribution is 2.38. The third-order valence-electron chi connectivity index (χ3n) is 4.24. The van der Waals surface area contributed by atoms with Gasteiger partial charge in [-0.3, -0.25) is 14.6 Å². The van der Waals surface area contributed by atoms with Crippen LogP contribution in [0.3, 0.4) is 0 Å². The number of aromatic amines is 2. The van der Waals surface area contributed by atoms with Gasteiger partial charge in [0.1, 0.15) is 5.69 Å². The SMILES string of the molecule is COc1ccc(C(NC(=O)c2cc(=O)[nH]c(=O)[nH]2)C2CC(O)C2)cn1. The Hall–Kier alpha value is -2.94. The van der Waals surface area contributed by atoms with Crippen molar-refractivity contribution in [2.75, 3.05) is 7.11 Å². The number of rotatable bonds is 5. The standard InChI is InChI=1S/C16H18N4O5/c1-25-13-3-2-8(7-17-13)14(9-4-10(21)5-9)20-15(23)11-6-12(22)19-16(24)18-11/h2-3,6-7,9-10,14,21H,4-5H2,1H3,(H,20,23)(H2,18,19,22,24). The number of aliphatic hydroxyl groups is 1. The number of aliphatic hydroxyl groups excluding tert-OH is 1. The summed E-state index contributed by atoms with van der Waals surface area (Å²) >= 11 is 0. The van der Waals surface area contributed by atoms with Crippen molar-refractivity contribution >= 4 is 5.91 Å². The zero-order chi connectivity index (χ0) is 18.0. The number of nitrogens with one attached hydrogen (secondary N) is 3. The monoisotopic (exact) mass is 346 g/mol. The molecule has 1 atom stereocenters. The van der Waals surface area contributed by atoms with Gasteiger partial charge in [-0.1, -0.05) is 6.07 Å². The normalized spacial score (nSPS) is 20.4. The molecule has 0 aliphatic heterocycles. The number of carbonyl (C=O) groups excluding carboxylic acids is 1. The fraction of sp³-hybridized carbons (Fsp3) is 0.375. The Kier molecular flexibility index (Phi) is 4.66. The maximum absolute atomic E-state index is 12.4. The lowest BCUT2D eigenvalue weighted by Crippen LogP contribution is -2.42. The summed E-state index contributed by atoms with van der Waals surface area (Å²) in [5, 5.41) is 12.4. The molecule has 3 rings (SSSR count). The number of hydrogen-bond acceptors (Lipinski definition) is 6. The number of nitrogens with zero attached hydrogens (tertiary/aromatic N) is 1. The molecule has 0 bridgehead atoms. The lowest BCUT2D eigenvalue weighted by molar-refractivity contribution is 0.0234. The van der Waals surface area contributed by atoms with E-state index in [-0.39, 0.29) is 11.6 Å². The third kappa shape index (κ3) is 3.77. The van der Waals surface area contributed by atoms with Crippen LogP contribution >= 0.6 is 0 Å². The number of amides is 1. The van der Waals surface area contributed by atoms with Gasteiger partial charge < -0.3 is 20.1 Å². The molecule has 1 amide bonds. The molecule has 9 nitrogen and oxygen atoms in total. The molecule has 2 aromatic heterocycles. The molecule has 1 saturated carbocycles. The van der Waals surface area contributed by atoms with Crippen LogP contribution in [0.25, 0.3) is 0 Å². The fourth-order valence-electron chi connectivity index (χ4n) is 2.88. The molecule has 2 heterocycles. The molecule has 9 heteroatoms. The smallest absolute Gasteiger partial charge is 0.326 e. The number of hydrogen-bond donors (Lipinski definition) is 4. The molecule has 4 N–H and O–H groups in total. The van der Waals surface area contributed by atoms with E-state index in [9.17, 15) is 19.5 Å². The van der Waals surface area contributed by atoms with E-state index >= 15 is 0 Å². The lowest BCUT2D eigenvalue weighted by atomic mass is 9.75. The van der Waals surface area contributed by atoms with Crippen molar-refractivity contribution in [3.05, 3.63) is 56.5 Å². The van der Waals surface area contributed by atoms with Gasteiger partial charge in [0.25, 0.3) is 11.5 Å². The van der Waals surface area contributed by atoms with Gasteiger partial charge in [0, 0.05) is 18.3 Å². The molecule has 0 spiro atoms. The van der Waals surface area contributed by atoms with E-state index in [1.54, 1.807) is 18.3 Å². The average molecular weight is 346 g/mol. The van der Waals surface area contributed by atoms with E-state index in [0.29, 0.717) is 18.7 Å². The highest BCUT2D eigenvalue weighted by Gasteiger charge is 2.36. The minimum atomic E-state index is -0.751. The minimum absolute atomic E-state index is 0.0304. The highest BCUT2D eigenvalue weighted by molar-refractivity contribution is 5.92. The van der Waals surface area contributed by atoms with Gasteiger partial charge in [-0.05, 0) is 24.3 Å². The van der Waals surface area contributed by atoms with E-state index in [0.717, 1.165) is 11.6 Å². The van der Waals surface area contributed by atoms with Crippen LogP contribution in [0.4, 0.5) is 0 Å². The van der Waals surface area contributed by atoms with Crippen LogP contribution in [0.2, 0.25) is 0 Å². The van der Waals surface area contributed by atoms with Crippen molar-refractivity contribution < 1.29 is 14.6 Å². The van der Waals surface area contributed by atoms with Crippen molar-refractivity contribution in [2.45, 2.75) is 25.0 Å². The molecule has 1 unspecified atom stereocenters. The number of pyridine rings is 1. The molecule has 0 saturated heterocycles. The first-order chi connectivity index (χ1) is 12.0. The quantitative estimate of drug-likeness (QED) is 0.587. The van der Waals surface area contributed by atoms with Gasteiger partial charge in [0.2, 0.25) is 5.88 Å². The first-order valence-corrected chi connectivity index (χ1v) is 7.79. The predicted octanol–water partition coefficient (Wildman–Crippen LogP) is -0.291. The topological polar surface area (TPSA) is 137 Å². The molecule has 25 heavy (non-hydrogen) atoms. The second-order valence-electron chi connectivity index (χ2n) is 5.97. The van der Waals surface area contributed by atoms with E-state index in [1.807, 2.05) is 4.98 Å². The first-order valence-electron chi connectivity index (χ1n) is 7.79. The first kappa shape index (κ1) is 16.9. The Morgan fingerprint density at radius 1 is 1.36 bits per heavy atom. The van der Waals surface area contributed by atoms with Crippen LogP contribution in [-0.4, -0.2) is 39.2 Å². The maximum Gasteiger partial charge on any atom is 0.326 e. The summed E-state index contributed by atoms with van der Waals surface area (Å²) in [5.41, 5.74) is -0.784. The summed E-state index contributed by atoms with van der Waals surface area (Å²) in [7, 11) is 1.51. The largest absolute Gasteiger partial charge is 0.481 e. The molecule has 1 aliphatic carbocycles. The summed E-state index contributed by atoms with van der Waals surface area (Å²) in [6.45, 7) is 0. The van der Waals surface area contributed by atoms with Crippen molar-refractivity contribution in [2.24, 2.45) is 5.92 Å². The van der Waals surface area contributed by atoms with Crippen LogP contribution in [0.15, 0.2) is 34.0 Å². The van der Waals surface area contributed by atoms with Crippen LogP contribution in [0.5, 0.6) is 5.88 Å². The summed E-state index contributed by atoms with van der Waals surface area (Å²) in [6.07, 6.45) is 2.29. The minimum Gasteiger partial charge on any atom is -0.481 e. The average Bonchev–Trinajstić information content (AvgIpc) is 2.56. The molecular weight excluding hydrogens is 328 g/mol. The van der Waals surface area contributed by atoms with Crippen molar-refractivity contribution in [1.29, 1.82) is 0 Å². The summed E-state index contributed by atoms with van der Waals surface area (Å²) in [4.78, 5) is 43.6. The summed E-state index contributed by atoms with van der Waals surface area (Å²) in [6, 6.07) is 4.08. The Labute approximate surface area is 142 Å². The number of ether oxygens (including phenoxy) is 1. The van der Waals surface area contributed by atoms with Gasteiger partial charge in [-0.25, -0.2) is 9.78 Å². The number of carbonyl (C=O) groups is 1. The second kappa shape index (κ2) is 6.89. The maximum atomic E-state index is 12.4. The molecule has 1 aliphatic rings. The molecule has 0 radical (unpaired) electrons. The van der Waals surface area contributed by atoms with Crippen LogP contribution in [0.1, 0.15) is 34.9 Å². The Morgan fingerprint density at radius 2 is 2.12 bits per heavy atom. The highest BCUT2D eigenvalue weighted by atomic mass is 16.5. The Balaban J connectivity index is 1.85. The van der Waals surface area contributed by atoms with Gasteiger partial charge >= 0.3 is 5.69 Å². The van der Waals surface area contributed by atoms with Gasteiger partial charge in [0.15, 0.2) is 0 Å². The van der Waals surface area contributed by atoms with Crippen molar-refractivity contribution in [3.8, 4) is 5.88 Å². The van der Waals surface area contributed by atoms with E-state index in [2.05, 4.69) is 15.3 Å². The zero-order valence-corrected chi connectivity index (χ0v) is 13.5. The molecule has 2 aromatic rings. The van der Waals surface area contributed by atoms with Crippen LogP contribution in [-0.2, 0) is 0 Å². The lowest BCUT2D eigenvalue weighted by Gasteiger charge is -2.38. The number of aromatic nitrogens is 3.